The zero-order valence-electron chi connectivity index (χ0n) is 22.6. The molecule has 5 nitrogen and oxygen atoms in total. The monoisotopic (exact) mass is 537 g/mol. The average molecular weight is 538 g/mol. The van der Waals surface area contributed by atoms with Gasteiger partial charge in [-0.05, 0) is 84.9 Å². The molecule has 5 rings (SSSR count). The number of hydrogen-bond donors (Lipinski definition) is 3. The van der Waals surface area contributed by atoms with Crippen molar-refractivity contribution in [1.29, 1.82) is 0 Å². The number of halogens is 2. The third-order valence-corrected chi connectivity index (χ3v) is 7.47. The minimum Gasteiger partial charge on any atom is -0.398 e. The van der Waals surface area contributed by atoms with Gasteiger partial charge in [0.25, 0.3) is 0 Å². The molecule has 1 saturated carbocycles. The maximum atomic E-state index is 15.2. The maximum Gasteiger partial charge on any atom is 0.178 e. The number of anilines is 1. The van der Waals surface area contributed by atoms with Crippen LogP contribution in [0.5, 0.6) is 0 Å². The number of pyridine rings is 1. The molecule has 0 amide bonds. The molecule has 0 radical (unpaired) electrons. The molecule has 0 bridgehead atoms. The van der Waals surface area contributed by atoms with E-state index in [0.717, 1.165) is 40.9 Å². The molecule has 1 fully saturated rings. The Labute approximate surface area is 233 Å². The third kappa shape index (κ3) is 5.73. The van der Waals surface area contributed by atoms with E-state index in [1.807, 2.05) is 31.2 Å². The van der Waals surface area contributed by atoms with E-state index >= 15 is 4.39 Å². The number of nitrogen functional groups attached to an aromatic ring is 1. The highest BCUT2D eigenvalue weighted by molar-refractivity contribution is 5.89. The van der Waals surface area contributed by atoms with E-state index in [0.29, 0.717) is 46.2 Å². The first-order valence-corrected chi connectivity index (χ1v) is 13.5. The number of nitrogens with zero attached hydrogens (tertiary/aromatic N) is 2. The van der Waals surface area contributed by atoms with Gasteiger partial charge < -0.3 is 16.0 Å². The minimum absolute atomic E-state index is 0.319. The Morgan fingerprint density at radius 1 is 1.18 bits per heavy atom. The molecule has 2 heterocycles. The van der Waals surface area contributed by atoms with Crippen molar-refractivity contribution in [2.45, 2.75) is 39.0 Å². The van der Waals surface area contributed by atoms with E-state index in [1.165, 1.54) is 31.0 Å². The molecule has 2 aromatic heterocycles. The number of rotatable bonds is 9. The summed E-state index contributed by atoms with van der Waals surface area (Å²) in [5.41, 5.74) is 12.9. The first-order valence-electron chi connectivity index (χ1n) is 13.5. The quantitative estimate of drug-likeness (QED) is 0.150. The number of H-pyrrole nitrogens is 1. The zero-order chi connectivity index (χ0) is 28.2. The van der Waals surface area contributed by atoms with Crippen molar-refractivity contribution in [1.82, 2.24) is 20.3 Å². The van der Waals surface area contributed by atoms with Crippen LogP contribution >= 0.6 is 0 Å². The number of nitrogens with one attached hydrogen (secondary N) is 2. The molecular formula is C33H33F2N5. The molecule has 0 unspecified atom stereocenters. The maximum absolute atomic E-state index is 15.2. The van der Waals surface area contributed by atoms with Crippen molar-refractivity contribution in [3.05, 3.63) is 120 Å². The van der Waals surface area contributed by atoms with E-state index in [1.54, 1.807) is 24.4 Å². The minimum atomic E-state index is -0.414. The van der Waals surface area contributed by atoms with E-state index in [4.69, 9.17) is 5.73 Å². The van der Waals surface area contributed by atoms with Gasteiger partial charge in [-0.25, -0.2) is 18.7 Å². The second-order valence-corrected chi connectivity index (χ2v) is 10.1. The topological polar surface area (TPSA) is 79.6 Å². The summed E-state index contributed by atoms with van der Waals surface area (Å²) in [5, 5.41) is 3.38. The van der Waals surface area contributed by atoms with Crippen LogP contribution in [0.2, 0.25) is 0 Å². The third-order valence-electron chi connectivity index (χ3n) is 7.47. The predicted octanol–water partition coefficient (Wildman–Crippen LogP) is 7.84. The van der Waals surface area contributed by atoms with Crippen LogP contribution in [0, 0.1) is 17.6 Å². The largest absolute Gasteiger partial charge is 0.398 e. The Hall–Kier alpha value is -4.52. The van der Waals surface area contributed by atoms with Crippen LogP contribution in [0.4, 0.5) is 14.5 Å². The van der Waals surface area contributed by atoms with Gasteiger partial charge in [0.1, 0.15) is 17.5 Å². The molecule has 4 aromatic rings. The van der Waals surface area contributed by atoms with E-state index < -0.39 is 5.82 Å². The first kappa shape index (κ1) is 27.1. The number of aromatic nitrogens is 3. The summed E-state index contributed by atoms with van der Waals surface area (Å²) in [6.45, 7) is 10.0. The van der Waals surface area contributed by atoms with Gasteiger partial charge in [0.05, 0.1) is 5.52 Å². The lowest BCUT2D eigenvalue weighted by Crippen LogP contribution is -2.16. The summed E-state index contributed by atoms with van der Waals surface area (Å²) in [5.74, 6) is 0.329. The van der Waals surface area contributed by atoms with Crippen LogP contribution in [0.3, 0.4) is 0 Å². The highest BCUT2D eigenvalue weighted by Crippen LogP contribution is 2.31. The van der Waals surface area contributed by atoms with Crippen molar-refractivity contribution in [2.75, 3.05) is 5.73 Å². The summed E-state index contributed by atoms with van der Waals surface area (Å²) in [7, 11) is 0. The van der Waals surface area contributed by atoms with Crippen LogP contribution in [0.25, 0.3) is 27.9 Å². The predicted molar refractivity (Wildman–Crippen MR) is 159 cm³/mol. The zero-order valence-corrected chi connectivity index (χ0v) is 22.6. The van der Waals surface area contributed by atoms with Crippen molar-refractivity contribution < 1.29 is 8.78 Å². The number of fused-ring (bicyclic) bond motifs is 1. The number of nitrogens with two attached hydrogens (primary N) is 1. The smallest absolute Gasteiger partial charge is 0.178 e. The number of hydrogen-bond acceptors (Lipinski definition) is 4. The molecule has 204 valence electrons. The molecule has 1 aliphatic carbocycles. The van der Waals surface area contributed by atoms with Crippen LogP contribution in [0.15, 0.2) is 91.4 Å². The number of allylic oxidation sites excluding steroid dienone is 5. The van der Waals surface area contributed by atoms with Crippen LogP contribution in [0.1, 0.15) is 49.6 Å². The number of imidazole rings is 1. The molecule has 0 spiro atoms. The Morgan fingerprint density at radius 3 is 2.70 bits per heavy atom. The molecule has 2 aromatic carbocycles. The van der Waals surface area contributed by atoms with E-state index in [-0.39, 0.29) is 5.82 Å². The molecular weight excluding hydrogens is 504 g/mol. The Morgan fingerprint density at radius 2 is 1.98 bits per heavy atom. The highest BCUT2D eigenvalue weighted by Gasteiger charge is 2.19. The lowest BCUT2D eigenvalue weighted by atomic mass is 9.98. The normalized spacial score (nSPS) is 14.6. The second kappa shape index (κ2) is 11.7. The van der Waals surface area contributed by atoms with Crippen LogP contribution in [-0.4, -0.2) is 15.0 Å². The lowest BCUT2D eigenvalue weighted by molar-refractivity contribution is 0.607. The standard InChI is InChI=1S/C33H33F2N5/c1-4-21(16-26(5-2)38-20(3)22-9-6-7-10-22)28-17-24(30(36)19-29(28)35)18-31-39-32-27(13-14-37-33(32)40-31)23-11-8-12-25(34)15-23/h4-5,8,11-17,19,22,38H,2-3,6-7,9-10,18,36H2,1H3,(H,37,39,40)/b21-4+,26-16+. The summed E-state index contributed by atoms with van der Waals surface area (Å²) in [4.78, 5) is 12.3. The Bertz CT molecular complexity index is 1640. The van der Waals surface area contributed by atoms with Gasteiger partial charge in [0.15, 0.2) is 5.65 Å². The van der Waals surface area contributed by atoms with Crippen molar-refractivity contribution in [2.24, 2.45) is 5.92 Å². The molecule has 0 aliphatic heterocycles. The first-order chi connectivity index (χ1) is 19.4. The molecule has 0 saturated heterocycles. The van der Waals surface area contributed by atoms with Gasteiger partial charge in [0, 0.05) is 40.8 Å². The molecule has 0 atom stereocenters. The van der Waals surface area contributed by atoms with Gasteiger partial charge in [-0.3, -0.25) is 0 Å². The molecule has 40 heavy (non-hydrogen) atoms. The second-order valence-electron chi connectivity index (χ2n) is 10.1. The highest BCUT2D eigenvalue weighted by atomic mass is 19.1. The average Bonchev–Trinajstić information content (AvgIpc) is 3.63. The fraction of sp³-hybridized carbons (Fsp3) is 0.212. The number of aromatic amines is 1. The summed E-state index contributed by atoms with van der Waals surface area (Å²) in [6, 6.07) is 11.3. The fourth-order valence-electron chi connectivity index (χ4n) is 5.32. The van der Waals surface area contributed by atoms with Crippen LogP contribution < -0.4 is 11.1 Å². The van der Waals surface area contributed by atoms with Crippen molar-refractivity contribution >= 4 is 22.4 Å². The van der Waals surface area contributed by atoms with Gasteiger partial charge in [-0.15, -0.1) is 0 Å². The Kier molecular flexibility index (Phi) is 7.91. The van der Waals surface area contributed by atoms with Crippen molar-refractivity contribution in [3.63, 3.8) is 0 Å². The van der Waals surface area contributed by atoms with Crippen LogP contribution in [-0.2, 0) is 6.42 Å². The molecule has 7 heteroatoms. The van der Waals surface area contributed by atoms with E-state index in [9.17, 15) is 4.39 Å². The van der Waals surface area contributed by atoms with E-state index in [2.05, 4.69) is 33.4 Å². The SMILES string of the molecule is C=C/C(=C\C(=C/C)c1cc(Cc2nc3nccc(-c4cccc(F)c4)c3[nH]2)c(N)cc1F)NC(=C)C1CCCC1. The summed E-state index contributed by atoms with van der Waals surface area (Å²) >= 11 is 0. The van der Waals surface area contributed by atoms with Gasteiger partial charge in [-0.1, -0.05) is 44.2 Å². The summed E-state index contributed by atoms with van der Waals surface area (Å²) in [6.07, 6.45) is 12.1. The summed E-state index contributed by atoms with van der Waals surface area (Å²) < 4.78 is 29.1. The molecule has 4 N–H and O–H groups in total. The van der Waals surface area contributed by atoms with Gasteiger partial charge in [-0.2, -0.15) is 0 Å². The van der Waals surface area contributed by atoms with Gasteiger partial charge in [0.2, 0.25) is 0 Å². The molecule has 1 aliphatic rings. The number of benzene rings is 2. The lowest BCUT2D eigenvalue weighted by Gasteiger charge is -2.17. The Balaban J connectivity index is 1.44. The van der Waals surface area contributed by atoms with Crippen molar-refractivity contribution in [3.8, 4) is 11.1 Å². The fourth-order valence-corrected chi connectivity index (χ4v) is 5.32. The van der Waals surface area contributed by atoms with Gasteiger partial charge >= 0.3 is 0 Å².